The Morgan fingerprint density at radius 2 is 1.69 bits per heavy atom. The molecule has 3 aromatic rings. The van der Waals surface area contributed by atoms with Crippen molar-refractivity contribution in [2.75, 3.05) is 4.90 Å². The van der Waals surface area contributed by atoms with Gasteiger partial charge in [0.25, 0.3) is 17.5 Å². The zero-order valence-corrected chi connectivity index (χ0v) is 17.6. The number of nitro groups is 1. The molecule has 0 radical (unpaired) electrons. The minimum atomic E-state index is -0.799. The highest BCUT2D eigenvalue weighted by molar-refractivity contribution is 6.42. The highest BCUT2D eigenvalue weighted by Crippen LogP contribution is 2.34. The van der Waals surface area contributed by atoms with Gasteiger partial charge in [-0.05, 0) is 48.0 Å². The fourth-order valence-electron chi connectivity index (χ4n) is 3.26. The van der Waals surface area contributed by atoms with E-state index in [0.717, 1.165) is 4.90 Å². The van der Waals surface area contributed by atoms with Crippen LogP contribution >= 0.6 is 23.2 Å². The summed E-state index contributed by atoms with van der Waals surface area (Å²) in [6.45, 7) is -0.0282. The Labute approximate surface area is 191 Å². The molecule has 0 N–H and O–H groups in total. The first-order valence-corrected chi connectivity index (χ1v) is 9.91. The van der Waals surface area contributed by atoms with Crippen LogP contribution in [0.2, 0.25) is 10.0 Å². The fraction of sp³-hybridized carbons (Fsp3) is 0.0455. The van der Waals surface area contributed by atoms with Gasteiger partial charge in [-0.25, -0.2) is 9.69 Å². The number of carbonyl (C=O) groups is 3. The van der Waals surface area contributed by atoms with E-state index in [2.05, 4.69) is 0 Å². The third kappa shape index (κ3) is 3.81. The summed E-state index contributed by atoms with van der Waals surface area (Å²) in [4.78, 5) is 49.1. The Hall–Kier alpha value is -3.75. The Bertz CT molecular complexity index is 1290. The topological polar surface area (TPSA) is 107 Å². The first-order chi connectivity index (χ1) is 15.3. The van der Waals surface area contributed by atoms with E-state index in [0.29, 0.717) is 15.6 Å². The van der Waals surface area contributed by atoms with Gasteiger partial charge in [-0.1, -0.05) is 35.3 Å². The van der Waals surface area contributed by atoms with Gasteiger partial charge in [-0.3, -0.25) is 19.7 Å². The van der Waals surface area contributed by atoms with E-state index in [-0.39, 0.29) is 29.0 Å². The van der Waals surface area contributed by atoms with Gasteiger partial charge in [0, 0.05) is 6.07 Å². The van der Waals surface area contributed by atoms with E-state index >= 15 is 0 Å². The van der Waals surface area contributed by atoms with Gasteiger partial charge < -0.3 is 4.74 Å². The van der Waals surface area contributed by atoms with Gasteiger partial charge in [0.2, 0.25) is 0 Å². The summed E-state index contributed by atoms with van der Waals surface area (Å²) < 4.78 is 5.25. The number of imide groups is 1. The monoisotopic (exact) mass is 470 g/mol. The summed E-state index contributed by atoms with van der Waals surface area (Å²) >= 11 is 11.8. The minimum Gasteiger partial charge on any atom is -0.457 e. The quantitative estimate of drug-likeness (QED) is 0.223. The Kier molecular flexibility index (Phi) is 5.65. The number of hydrogen-bond acceptors (Lipinski definition) is 6. The lowest BCUT2D eigenvalue weighted by molar-refractivity contribution is -0.385. The predicted octanol–water partition coefficient (Wildman–Crippen LogP) is 5.06. The molecule has 8 nitrogen and oxygen atoms in total. The lowest BCUT2D eigenvalue weighted by atomic mass is 10.1. The normalized spacial score (nSPS) is 12.6. The fourth-order valence-corrected chi connectivity index (χ4v) is 3.58. The molecule has 1 aliphatic heterocycles. The van der Waals surface area contributed by atoms with Crippen LogP contribution < -0.4 is 4.90 Å². The van der Waals surface area contributed by atoms with Gasteiger partial charge in [-0.2, -0.15) is 0 Å². The molecule has 0 saturated carbocycles. The third-order valence-electron chi connectivity index (χ3n) is 4.80. The van der Waals surface area contributed by atoms with E-state index in [9.17, 15) is 24.5 Å². The van der Waals surface area contributed by atoms with Crippen LogP contribution in [0.15, 0.2) is 60.7 Å². The van der Waals surface area contributed by atoms with Crippen molar-refractivity contribution in [2.24, 2.45) is 0 Å². The van der Waals surface area contributed by atoms with Crippen molar-refractivity contribution in [3.8, 4) is 0 Å². The number of fused-ring (bicyclic) bond motifs is 1. The SMILES string of the molecule is O=C(OCc1ccc(Cl)c(Cl)c1)c1ccc(N2C(=O)c3cccc([N+](=O)[O-])c3C2=O)cc1. The van der Waals surface area contributed by atoms with Crippen LogP contribution in [-0.2, 0) is 11.3 Å². The Balaban J connectivity index is 1.51. The minimum absolute atomic E-state index is 0.0282. The summed E-state index contributed by atoms with van der Waals surface area (Å²) in [5.41, 5.74) is 0.271. The van der Waals surface area contributed by atoms with Crippen molar-refractivity contribution in [2.45, 2.75) is 6.61 Å². The number of rotatable bonds is 5. The number of ether oxygens (including phenoxy) is 1. The van der Waals surface area contributed by atoms with Crippen LogP contribution in [0.3, 0.4) is 0 Å². The molecule has 10 heteroatoms. The van der Waals surface area contributed by atoms with E-state index < -0.39 is 28.4 Å². The maximum Gasteiger partial charge on any atom is 0.338 e. The molecule has 160 valence electrons. The summed E-state index contributed by atoms with van der Waals surface area (Å²) in [6.07, 6.45) is 0. The number of halogens is 2. The first-order valence-electron chi connectivity index (χ1n) is 9.15. The summed E-state index contributed by atoms with van der Waals surface area (Å²) in [5, 5.41) is 12.0. The molecule has 0 fully saturated rings. The summed E-state index contributed by atoms with van der Waals surface area (Å²) in [6, 6.07) is 14.3. The summed E-state index contributed by atoms with van der Waals surface area (Å²) in [7, 11) is 0. The zero-order valence-electron chi connectivity index (χ0n) is 16.1. The van der Waals surface area contributed by atoms with Crippen molar-refractivity contribution in [1.82, 2.24) is 0 Å². The second-order valence-corrected chi connectivity index (χ2v) is 7.59. The molecule has 1 heterocycles. The third-order valence-corrected chi connectivity index (χ3v) is 5.54. The number of carbonyl (C=O) groups excluding carboxylic acids is 3. The highest BCUT2D eigenvalue weighted by Gasteiger charge is 2.41. The zero-order chi connectivity index (χ0) is 23.0. The highest BCUT2D eigenvalue weighted by atomic mass is 35.5. The number of anilines is 1. The van der Waals surface area contributed by atoms with Crippen LogP contribution in [0, 0.1) is 10.1 Å². The number of nitro benzene ring substituents is 1. The van der Waals surface area contributed by atoms with Gasteiger partial charge in [0.15, 0.2) is 0 Å². The largest absolute Gasteiger partial charge is 0.457 e. The van der Waals surface area contributed by atoms with E-state index in [1.165, 1.54) is 42.5 Å². The Morgan fingerprint density at radius 1 is 0.969 bits per heavy atom. The van der Waals surface area contributed by atoms with E-state index in [1.807, 2.05) is 0 Å². The molecule has 0 atom stereocenters. The van der Waals surface area contributed by atoms with Crippen LogP contribution in [-0.4, -0.2) is 22.7 Å². The maximum atomic E-state index is 12.8. The molecule has 2 amide bonds. The van der Waals surface area contributed by atoms with Crippen molar-refractivity contribution >= 4 is 52.4 Å². The lowest BCUT2D eigenvalue weighted by Crippen LogP contribution is -2.29. The predicted molar refractivity (Wildman–Crippen MR) is 116 cm³/mol. The Morgan fingerprint density at radius 3 is 2.34 bits per heavy atom. The number of benzene rings is 3. The van der Waals surface area contributed by atoms with Crippen LogP contribution in [0.5, 0.6) is 0 Å². The van der Waals surface area contributed by atoms with Gasteiger partial charge in [-0.15, -0.1) is 0 Å². The van der Waals surface area contributed by atoms with Crippen LogP contribution in [0.1, 0.15) is 36.6 Å². The van der Waals surface area contributed by atoms with Gasteiger partial charge >= 0.3 is 5.97 Å². The van der Waals surface area contributed by atoms with E-state index in [1.54, 1.807) is 18.2 Å². The molecule has 0 unspecified atom stereocenters. The standard InChI is InChI=1S/C22H12Cl2N2O6/c23-16-9-4-12(10-17(16)24)11-32-22(29)13-5-7-14(8-6-13)25-20(27)15-2-1-3-18(26(30)31)19(15)21(25)28/h1-10H,11H2. The van der Waals surface area contributed by atoms with Crippen LogP contribution in [0.25, 0.3) is 0 Å². The second kappa shape index (κ2) is 8.41. The first kappa shape index (κ1) is 21.5. The van der Waals surface area contributed by atoms with Crippen molar-refractivity contribution in [3.63, 3.8) is 0 Å². The molecule has 3 aromatic carbocycles. The maximum absolute atomic E-state index is 12.8. The number of hydrogen-bond donors (Lipinski definition) is 0. The molecule has 0 aromatic heterocycles. The van der Waals surface area contributed by atoms with Crippen molar-refractivity contribution in [1.29, 1.82) is 0 Å². The van der Waals surface area contributed by atoms with Crippen molar-refractivity contribution < 1.29 is 24.0 Å². The average molecular weight is 471 g/mol. The molecular weight excluding hydrogens is 459 g/mol. The summed E-state index contributed by atoms with van der Waals surface area (Å²) in [5.74, 6) is -2.10. The molecule has 4 rings (SSSR count). The van der Waals surface area contributed by atoms with Crippen LogP contribution in [0.4, 0.5) is 11.4 Å². The number of esters is 1. The molecule has 32 heavy (non-hydrogen) atoms. The smallest absolute Gasteiger partial charge is 0.338 e. The second-order valence-electron chi connectivity index (χ2n) is 6.77. The number of nitrogens with zero attached hydrogens (tertiary/aromatic N) is 2. The van der Waals surface area contributed by atoms with Gasteiger partial charge in [0.05, 0.1) is 31.8 Å². The lowest BCUT2D eigenvalue weighted by Gasteiger charge is -2.14. The molecule has 1 aliphatic rings. The van der Waals surface area contributed by atoms with Gasteiger partial charge in [0.1, 0.15) is 12.2 Å². The molecule has 0 bridgehead atoms. The average Bonchev–Trinajstić information content (AvgIpc) is 3.04. The van der Waals surface area contributed by atoms with E-state index in [4.69, 9.17) is 27.9 Å². The van der Waals surface area contributed by atoms with Crippen molar-refractivity contribution in [3.05, 3.63) is 103 Å². The molecular formula is C22H12Cl2N2O6. The molecule has 0 aliphatic carbocycles. The molecule has 0 saturated heterocycles. The number of amides is 2. The molecule has 0 spiro atoms.